The summed E-state index contributed by atoms with van der Waals surface area (Å²) >= 11 is 0. The molecule has 0 spiro atoms. The van der Waals surface area contributed by atoms with Crippen molar-refractivity contribution >= 4 is 13.2 Å². The lowest BCUT2D eigenvalue weighted by molar-refractivity contribution is 0.714. The second-order valence-corrected chi connectivity index (χ2v) is 10.8. The monoisotopic (exact) mass is 250 g/mol. The SMILES string of the molecule is Cc1ccc(P(C(C)(C)C)C(C)(C)C)c(C)c1. The van der Waals surface area contributed by atoms with E-state index in [1.54, 1.807) is 5.30 Å². The molecule has 0 unspecified atom stereocenters. The quantitative estimate of drug-likeness (QED) is 0.615. The first-order valence-electron chi connectivity index (χ1n) is 6.41. The van der Waals surface area contributed by atoms with Crippen LogP contribution in [0.1, 0.15) is 52.7 Å². The topological polar surface area (TPSA) is 0 Å². The van der Waals surface area contributed by atoms with Gasteiger partial charge < -0.3 is 0 Å². The van der Waals surface area contributed by atoms with Crippen LogP contribution in [0.25, 0.3) is 0 Å². The molecule has 0 amide bonds. The van der Waals surface area contributed by atoms with E-state index < -0.39 is 0 Å². The molecule has 1 rings (SSSR count). The van der Waals surface area contributed by atoms with Crippen molar-refractivity contribution in [2.24, 2.45) is 0 Å². The molecular formula is C16H27P. The highest BCUT2D eigenvalue weighted by molar-refractivity contribution is 7.68. The average Bonchev–Trinajstić information content (AvgIpc) is 2.04. The summed E-state index contributed by atoms with van der Waals surface area (Å²) in [6.45, 7) is 18.7. The molecule has 0 saturated heterocycles. The fourth-order valence-corrected chi connectivity index (χ4v) is 6.88. The number of hydrogen-bond donors (Lipinski definition) is 0. The fourth-order valence-electron chi connectivity index (χ4n) is 2.79. The molecule has 0 nitrogen and oxygen atoms in total. The van der Waals surface area contributed by atoms with Gasteiger partial charge >= 0.3 is 0 Å². The van der Waals surface area contributed by atoms with E-state index in [-0.39, 0.29) is 7.92 Å². The van der Waals surface area contributed by atoms with E-state index in [2.05, 4.69) is 73.6 Å². The molecule has 0 heterocycles. The second kappa shape index (κ2) is 4.73. The summed E-state index contributed by atoms with van der Waals surface area (Å²) in [5, 5.41) is 2.28. The van der Waals surface area contributed by atoms with Crippen LogP contribution in [0.5, 0.6) is 0 Å². The Morgan fingerprint density at radius 1 is 0.824 bits per heavy atom. The standard InChI is InChI=1S/C16H27P/c1-12-9-10-14(13(2)11-12)17(15(3,4)5)16(6,7)8/h9-11H,1-8H3. The fraction of sp³-hybridized carbons (Fsp3) is 0.625. The molecule has 0 aliphatic rings. The number of rotatable bonds is 1. The lowest BCUT2D eigenvalue weighted by atomic mass is 10.2. The Morgan fingerprint density at radius 2 is 1.29 bits per heavy atom. The van der Waals surface area contributed by atoms with Gasteiger partial charge in [-0.3, -0.25) is 0 Å². The molecule has 17 heavy (non-hydrogen) atoms. The van der Waals surface area contributed by atoms with E-state index in [1.165, 1.54) is 11.1 Å². The van der Waals surface area contributed by atoms with Crippen molar-refractivity contribution in [2.75, 3.05) is 0 Å². The predicted molar refractivity (Wildman–Crippen MR) is 82.0 cm³/mol. The van der Waals surface area contributed by atoms with Crippen molar-refractivity contribution < 1.29 is 0 Å². The van der Waals surface area contributed by atoms with Crippen LogP contribution in [0.3, 0.4) is 0 Å². The minimum atomic E-state index is -0.171. The Balaban J connectivity index is 3.34. The molecule has 0 N–H and O–H groups in total. The van der Waals surface area contributed by atoms with Crippen LogP contribution in [-0.2, 0) is 0 Å². The zero-order chi connectivity index (χ0) is 13.4. The summed E-state index contributed by atoms with van der Waals surface area (Å²) in [4.78, 5) is 0. The van der Waals surface area contributed by atoms with Crippen molar-refractivity contribution in [1.82, 2.24) is 0 Å². The van der Waals surface area contributed by atoms with Crippen molar-refractivity contribution in [3.63, 3.8) is 0 Å². The molecule has 96 valence electrons. The Bertz CT molecular complexity index is 377. The first-order chi connectivity index (χ1) is 7.53. The van der Waals surface area contributed by atoms with Gasteiger partial charge in [-0.15, -0.1) is 0 Å². The minimum Gasteiger partial charge on any atom is -0.0640 e. The van der Waals surface area contributed by atoms with Gasteiger partial charge in [0.15, 0.2) is 0 Å². The Hall–Kier alpha value is -0.350. The summed E-state index contributed by atoms with van der Waals surface area (Å²) < 4.78 is 0. The second-order valence-electron chi connectivity index (χ2n) is 6.97. The normalized spacial score (nSPS) is 13.2. The van der Waals surface area contributed by atoms with E-state index in [4.69, 9.17) is 0 Å². The lowest BCUT2D eigenvalue weighted by Gasteiger charge is -2.42. The molecule has 0 atom stereocenters. The van der Waals surface area contributed by atoms with Gasteiger partial charge in [-0.25, -0.2) is 0 Å². The maximum Gasteiger partial charge on any atom is -0.0134 e. The van der Waals surface area contributed by atoms with Gasteiger partial charge in [-0.2, -0.15) is 0 Å². The minimum absolute atomic E-state index is 0.171. The maximum absolute atomic E-state index is 2.38. The lowest BCUT2D eigenvalue weighted by Crippen LogP contribution is -2.32. The molecule has 0 saturated carbocycles. The largest absolute Gasteiger partial charge is 0.0640 e. The average molecular weight is 250 g/mol. The van der Waals surface area contributed by atoms with Crippen LogP contribution < -0.4 is 5.30 Å². The van der Waals surface area contributed by atoms with Crippen LogP contribution in [0, 0.1) is 13.8 Å². The van der Waals surface area contributed by atoms with Crippen LogP contribution in [-0.4, -0.2) is 10.3 Å². The van der Waals surface area contributed by atoms with Gasteiger partial charge in [-0.05, 0) is 35.0 Å². The highest BCUT2D eigenvalue weighted by Crippen LogP contribution is 2.58. The number of aryl methyl sites for hydroxylation is 2. The Labute approximate surface area is 109 Å². The summed E-state index contributed by atoms with van der Waals surface area (Å²) in [5.41, 5.74) is 2.82. The third kappa shape index (κ3) is 3.55. The van der Waals surface area contributed by atoms with Gasteiger partial charge in [0.2, 0.25) is 0 Å². The summed E-state index contributed by atoms with van der Waals surface area (Å²) in [6.07, 6.45) is 0. The van der Waals surface area contributed by atoms with Crippen molar-refractivity contribution in [3.8, 4) is 0 Å². The third-order valence-corrected chi connectivity index (χ3v) is 6.60. The number of benzene rings is 1. The van der Waals surface area contributed by atoms with E-state index in [1.807, 2.05) is 0 Å². The molecule has 1 heteroatoms. The van der Waals surface area contributed by atoms with Crippen molar-refractivity contribution in [2.45, 2.75) is 65.7 Å². The zero-order valence-corrected chi connectivity index (χ0v) is 13.6. The smallest absolute Gasteiger partial charge is 0.0134 e. The van der Waals surface area contributed by atoms with Crippen LogP contribution in [0.15, 0.2) is 18.2 Å². The zero-order valence-electron chi connectivity index (χ0n) is 12.7. The molecule has 0 aromatic heterocycles. The van der Waals surface area contributed by atoms with Gasteiger partial charge in [0, 0.05) is 0 Å². The van der Waals surface area contributed by atoms with Crippen LogP contribution in [0.2, 0.25) is 0 Å². The van der Waals surface area contributed by atoms with E-state index in [9.17, 15) is 0 Å². The summed E-state index contributed by atoms with van der Waals surface area (Å²) in [5.74, 6) is 0. The Kier molecular flexibility index (Phi) is 4.09. The molecule has 0 bridgehead atoms. The first-order valence-corrected chi connectivity index (χ1v) is 7.75. The molecule has 0 aliphatic heterocycles. The molecule has 0 radical (unpaired) electrons. The van der Waals surface area contributed by atoms with Crippen LogP contribution >= 0.6 is 7.92 Å². The number of hydrogen-bond acceptors (Lipinski definition) is 0. The van der Waals surface area contributed by atoms with Crippen molar-refractivity contribution in [1.29, 1.82) is 0 Å². The molecule has 0 aliphatic carbocycles. The first kappa shape index (κ1) is 14.7. The highest BCUT2D eigenvalue weighted by Gasteiger charge is 2.36. The maximum atomic E-state index is 2.38. The summed E-state index contributed by atoms with van der Waals surface area (Å²) in [6, 6.07) is 6.93. The molecular weight excluding hydrogens is 223 g/mol. The van der Waals surface area contributed by atoms with Gasteiger partial charge in [0.05, 0.1) is 0 Å². The highest BCUT2D eigenvalue weighted by atomic mass is 31.1. The third-order valence-electron chi connectivity index (χ3n) is 2.93. The van der Waals surface area contributed by atoms with Crippen molar-refractivity contribution in [3.05, 3.63) is 29.3 Å². The van der Waals surface area contributed by atoms with Gasteiger partial charge in [0.1, 0.15) is 0 Å². The van der Waals surface area contributed by atoms with Gasteiger partial charge in [0.25, 0.3) is 0 Å². The van der Waals surface area contributed by atoms with Gasteiger partial charge in [-0.1, -0.05) is 73.2 Å². The molecule has 1 aromatic rings. The Morgan fingerprint density at radius 3 is 1.65 bits per heavy atom. The van der Waals surface area contributed by atoms with E-state index >= 15 is 0 Å². The van der Waals surface area contributed by atoms with Crippen LogP contribution in [0.4, 0.5) is 0 Å². The van der Waals surface area contributed by atoms with E-state index in [0.29, 0.717) is 10.3 Å². The predicted octanol–water partition coefficient (Wildman–Crippen LogP) is 5.01. The molecule has 0 fully saturated rings. The summed E-state index contributed by atoms with van der Waals surface area (Å²) in [7, 11) is -0.171. The molecule has 1 aromatic carbocycles. The van der Waals surface area contributed by atoms with E-state index in [0.717, 1.165) is 0 Å².